The fraction of sp³-hybridized carbons (Fsp3) is 0.167. The standard InChI is InChI=1S/C18H18N4OS/c1-2-13-5-9-16(10-6-13)21-17(23)15-7-3-14(4-8-15)11-24-18-19-12-20-22-18/h3-10,12H,2,11H2,1H3,(H,21,23)(H,19,20,22). The number of rotatable bonds is 6. The van der Waals surface area contributed by atoms with E-state index in [4.69, 9.17) is 0 Å². The number of nitrogens with zero attached hydrogens (tertiary/aromatic N) is 2. The number of nitrogens with one attached hydrogen (secondary N) is 2. The number of hydrogen-bond donors (Lipinski definition) is 2. The van der Waals surface area contributed by atoms with Crippen molar-refractivity contribution in [3.63, 3.8) is 0 Å². The fourth-order valence-corrected chi connectivity index (χ4v) is 2.93. The maximum atomic E-state index is 12.3. The van der Waals surface area contributed by atoms with E-state index in [9.17, 15) is 4.79 Å². The molecule has 0 fully saturated rings. The predicted octanol–water partition coefficient (Wildman–Crippen LogP) is 3.91. The SMILES string of the molecule is CCc1ccc(NC(=O)c2ccc(CSc3ncn[nH]3)cc2)cc1. The van der Waals surface area contributed by atoms with Crippen molar-refractivity contribution in [3.8, 4) is 0 Å². The lowest BCUT2D eigenvalue weighted by Gasteiger charge is -2.07. The number of benzene rings is 2. The van der Waals surface area contributed by atoms with Crippen LogP contribution in [0.2, 0.25) is 0 Å². The van der Waals surface area contributed by atoms with Gasteiger partial charge in [0.15, 0.2) is 5.16 Å². The van der Waals surface area contributed by atoms with Crippen LogP contribution >= 0.6 is 11.8 Å². The Hall–Kier alpha value is -2.60. The monoisotopic (exact) mass is 338 g/mol. The van der Waals surface area contributed by atoms with Crippen LogP contribution in [0.15, 0.2) is 60.0 Å². The molecule has 3 rings (SSSR count). The Labute approximate surface area is 144 Å². The quantitative estimate of drug-likeness (QED) is 0.669. The summed E-state index contributed by atoms with van der Waals surface area (Å²) in [6, 6.07) is 15.5. The molecule has 0 aliphatic rings. The molecule has 2 aromatic carbocycles. The molecule has 0 spiro atoms. The summed E-state index contributed by atoms with van der Waals surface area (Å²) in [5.41, 5.74) is 3.83. The molecule has 0 unspecified atom stereocenters. The van der Waals surface area contributed by atoms with E-state index < -0.39 is 0 Å². The molecule has 0 radical (unpaired) electrons. The molecule has 3 aromatic rings. The number of thioether (sulfide) groups is 1. The van der Waals surface area contributed by atoms with Gasteiger partial charge < -0.3 is 5.32 Å². The third kappa shape index (κ3) is 4.23. The van der Waals surface area contributed by atoms with Gasteiger partial charge in [0.2, 0.25) is 0 Å². The molecule has 0 atom stereocenters. The highest BCUT2D eigenvalue weighted by Gasteiger charge is 2.06. The molecule has 6 heteroatoms. The second-order valence-electron chi connectivity index (χ2n) is 5.28. The smallest absolute Gasteiger partial charge is 0.255 e. The number of H-pyrrole nitrogens is 1. The first-order valence-electron chi connectivity index (χ1n) is 7.72. The van der Waals surface area contributed by atoms with Gasteiger partial charge in [-0.3, -0.25) is 9.89 Å². The van der Waals surface area contributed by atoms with E-state index in [1.165, 1.54) is 11.9 Å². The minimum Gasteiger partial charge on any atom is -0.322 e. The molecule has 2 N–H and O–H groups in total. The molecule has 5 nitrogen and oxygen atoms in total. The van der Waals surface area contributed by atoms with E-state index in [0.29, 0.717) is 5.56 Å². The Kier molecular flexibility index (Phi) is 5.28. The summed E-state index contributed by atoms with van der Waals surface area (Å²) in [6.07, 6.45) is 2.48. The van der Waals surface area contributed by atoms with Gasteiger partial charge in [-0.2, -0.15) is 5.10 Å². The first-order chi connectivity index (χ1) is 11.7. The topological polar surface area (TPSA) is 70.7 Å². The van der Waals surface area contributed by atoms with Crippen molar-refractivity contribution >= 4 is 23.4 Å². The molecule has 1 amide bonds. The first kappa shape index (κ1) is 16.3. The minimum atomic E-state index is -0.103. The lowest BCUT2D eigenvalue weighted by molar-refractivity contribution is 0.102. The lowest BCUT2D eigenvalue weighted by Crippen LogP contribution is -2.11. The van der Waals surface area contributed by atoms with Crippen molar-refractivity contribution in [2.24, 2.45) is 0 Å². The maximum Gasteiger partial charge on any atom is 0.255 e. The van der Waals surface area contributed by atoms with Crippen LogP contribution in [-0.4, -0.2) is 21.1 Å². The van der Waals surface area contributed by atoms with Gasteiger partial charge >= 0.3 is 0 Å². The molecule has 1 aromatic heterocycles. The average molecular weight is 338 g/mol. The number of carbonyl (C=O) groups excluding carboxylic acids is 1. The Morgan fingerprint density at radius 2 is 1.79 bits per heavy atom. The van der Waals surface area contributed by atoms with Gasteiger partial charge in [-0.15, -0.1) is 0 Å². The van der Waals surface area contributed by atoms with E-state index in [2.05, 4.69) is 27.4 Å². The van der Waals surface area contributed by atoms with Gasteiger partial charge in [-0.25, -0.2) is 4.98 Å². The van der Waals surface area contributed by atoms with Crippen molar-refractivity contribution in [1.82, 2.24) is 15.2 Å². The predicted molar refractivity (Wildman–Crippen MR) is 96.2 cm³/mol. The highest BCUT2D eigenvalue weighted by molar-refractivity contribution is 7.98. The van der Waals surface area contributed by atoms with Gasteiger partial charge in [0.05, 0.1) is 0 Å². The van der Waals surface area contributed by atoms with Crippen molar-refractivity contribution in [2.75, 3.05) is 5.32 Å². The molecular formula is C18H18N4OS. The van der Waals surface area contributed by atoms with Crippen LogP contribution in [0.25, 0.3) is 0 Å². The summed E-state index contributed by atoms with van der Waals surface area (Å²) in [5, 5.41) is 10.3. The highest BCUT2D eigenvalue weighted by Crippen LogP contribution is 2.19. The summed E-state index contributed by atoms with van der Waals surface area (Å²) in [6.45, 7) is 2.11. The zero-order valence-corrected chi connectivity index (χ0v) is 14.1. The third-order valence-electron chi connectivity index (χ3n) is 3.60. The molecule has 0 aliphatic carbocycles. The average Bonchev–Trinajstić information content (AvgIpc) is 3.14. The van der Waals surface area contributed by atoms with Crippen LogP contribution in [0, 0.1) is 0 Å². The van der Waals surface area contributed by atoms with E-state index in [1.807, 2.05) is 48.5 Å². The Morgan fingerprint density at radius 3 is 2.42 bits per heavy atom. The van der Waals surface area contributed by atoms with Gasteiger partial charge in [0, 0.05) is 17.0 Å². The van der Waals surface area contributed by atoms with Crippen LogP contribution < -0.4 is 5.32 Å². The number of aromatic amines is 1. The largest absolute Gasteiger partial charge is 0.322 e. The number of aromatic nitrogens is 3. The summed E-state index contributed by atoms with van der Waals surface area (Å²) in [4.78, 5) is 16.4. The molecule has 1 heterocycles. The summed E-state index contributed by atoms with van der Waals surface area (Å²) >= 11 is 1.57. The van der Waals surface area contributed by atoms with Gasteiger partial charge in [-0.05, 0) is 41.8 Å². The Balaban J connectivity index is 1.58. The van der Waals surface area contributed by atoms with Crippen molar-refractivity contribution in [3.05, 3.63) is 71.5 Å². The molecule has 24 heavy (non-hydrogen) atoms. The fourth-order valence-electron chi connectivity index (χ4n) is 2.19. The Bertz CT molecular complexity index is 783. The lowest BCUT2D eigenvalue weighted by atomic mass is 10.1. The van der Waals surface area contributed by atoms with Crippen LogP contribution in [0.4, 0.5) is 5.69 Å². The van der Waals surface area contributed by atoms with Gasteiger partial charge in [0.25, 0.3) is 5.91 Å². The molecule has 122 valence electrons. The van der Waals surface area contributed by atoms with Gasteiger partial charge in [0.1, 0.15) is 6.33 Å². The zero-order chi connectivity index (χ0) is 16.8. The molecule has 0 aliphatic heterocycles. The van der Waals surface area contributed by atoms with Crippen LogP contribution in [0.5, 0.6) is 0 Å². The summed E-state index contributed by atoms with van der Waals surface area (Å²) < 4.78 is 0. The number of amides is 1. The van der Waals surface area contributed by atoms with Crippen molar-refractivity contribution in [1.29, 1.82) is 0 Å². The molecule has 0 saturated carbocycles. The number of carbonyl (C=O) groups is 1. The highest BCUT2D eigenvalue weighted by atomic mass is 32.2. The van der Waals surface area contributed by atoms with Crippen LogP contribution in [0.3, 0.4) is 0 Å². The third-order valence-corrected chi connectivity index (χ3v) is 4.55. The van der Waals surface area contributed by atoms with Crippen molar-refractivity contribution < 1.29 is 4.79 Å². The van der Waals surface area contributed by atoms with E-state index in [0.717, 1.165) is 28.6 Å². The summed E-state index contributed by atoms with van der Waals surface area (Å²) in [5.74, 6) is 0.670. The molecule has 0 bridgehead atoms. The van der Waals surface area contributed by atoms with Crippen LogP contribution in [0.1, 0.15) is 28.4 Å². The number of anilines is 1. The summed E-state index contributed by atoms with van der Waals surface area (Å²) in [7, 11) is 0. The Morgan fingerprint density at radius 1 is 1.08 bits per heavy atom. The zero-order valence-electron chi connectivity index (χ0n) is 13.3. The second kappa shape index (κ2) is 7.79. The second-order valence-corrected chi connectivity index (χ2v) is 6.24. The van der Waals surface area contributed by atoms with Gasteiger partial charge in [-0.1, -0.05) is 43.0 Å². The minimum absolute atomic E-state index is 0.103. The normalized spacial score (nSPS) is 10.5. The number of hydrogen-bond acceptors (Lipinski definition) is 4. The maximum absolute atomic E-state index is 12.3. The van der Waals surface area contributed by atoms with E-state index >= 15 is 0 Å². The van der Waals surface area contributed by atoms with E-state index in [-0.39, 0.29) is 5.91 Å². The van der Waals surface area contributed by atoms with Crippen LogP contribution in [-0.2, 0) is 12.2 Å². The van der Waals surface area contributed by atoms with E-state index in [1.54, 1.807) is 11.8 Å². The van der Waals surface area contributed by atoms with Crippen molar-refractivity contribution in [2.45, 2.75) is 24.3 Å². The molecule has 0 saturated heterocycles. The first-order valence-corrected chi connectivity index (χ1v) is 8.70. The number of aryl methyl sites for hydroxylation is 1. The molecular weight excluding hydrogens is 320 g/mol.